The normalized spacial score (nSPS) is 36.2. The van der Waals surface area contributed by atoms with Crippen molar-refractivity contribution in [1.29, 1.82) is 0 Å². The van der Waals surface area contributed by atoms with Gasteiger partial charge >= 0.3 is 0 Å². The van der Waals surface area contributed by atoms with Gasteiger partial charge in [-0.15, -0.1) is 0 Å². The van der Waals surface area contributed by atoms with Crippen LogP contribution in [0, 0.1) is 35.0 Å². The summed E-state index contributed by atoms with van der Waals surface area (Å²) in [6.07, 6.45) is 15.7. The van der Waals surface area contributed by atoms with Crippen LogP contribution in [0.4, 0.5) is 0 Å². The first-order valence-electron chi connectivity index (χ1n) is 19.3. The van der Waals surface area contributed by atoms with Crippen molar-refractivity contribution in [3.63, 3.8) is 0 Å². The molecule has 5 atom stereocenters. The Balaban J connectivity index is 1.35. The van der Waals surface area contributed by atoms with Crippen molar-refractivity contribution < 1.29 is 30.6 Å². The molecule has 0 amide bonds. The minimum Gasteiger partial charge on any atom is -0.396 e. The number of benzene rings is 2. The molecule has 0 bridgehead atoms. The monoisotopic (exact) mass is 662 g/mol. The van der Waals surface area contributed by atoms with Crippen LogP contribution >= 0.6 is 0 Å². The summed E-state index contributed by atoms with van der Waals surface area (Å²) in [4.78, 5) is 0. The molecule has 0 spiro atoms. The van der Waals surface area contributed by atoms with Crippen molar-refractivity contribution in [2.24, 2.45) is 35.0 Å². The molecule has 266 valence electrons. The van der Waals surface area contributed by atoms with Gasteiger partial charge in [-0.05, 0) is 158 Å². The molecule has 48 heavy (non-hydrogen) atoms. The SMILES string of the molecule is OCc1ccc(C2CC(C3(CO)CCCC(C4CCC(CO)CC4)C3)CC(CO)(c3cc(CO)cc(C4CCC(CO)CC4)c3)C2)cc1. The smallest absolute Gasteiger partial charge is 0.0682 e. The maximum atomic E-state index is 11.5. The van der Waals surface area contributed by atoms with Crippen LogP contribution in [0.3, 0.4) is 0 Å². The van der Waals surface area contributed by atoms with Gasteiger partial charge in [-0.3, -0.25) is 0 Å². The van der Waals surface area contributed by atoms with Crippen LogP contribution in [0.15, 0.2) is 42.5 Å². The lowest BCUT2D eigenvalue weighted by atomic mass is 9.51. The van der Waals surface area contributed by atoms with Gasteiger partial charge in [0.15, 0.2) is 0 Å². The van der Waals surface area contributed by atoms with E-state index in [4.69, 9.17) is 0 Å². The fraction of sp³-hybridized carbons (Fsp3) is 0.714. The summed E-state index contributed by atoms with van der Waals surface area (Å²) in [7, 11) is 0. The Kier molecular flexibility index (Phi) is 12.0. The average Bonchev–Trinajstić information content (AvgIpc) is 3.17. The number of hydrogen-bond acceptors (Lipinski definition) is 6. The van der Waals surface area contributed by atoms with Crippen molar-refractivity contribution >= 4 is 0 Å². The van der Waals surface area contributed by atoms with Gasteiger partial charge in [0.25, 0.3) is 0 Å². The summed E-state index contributed by atoms with van der Waals surface area (Å²) in [5, 5.41) is 62.6. The molecule has 0 aliphatic heterocycles. The minimum atomic E-state index is -0.500. The van der Waals surface area contributed by atoms with E-state index in [1.54, 1.807) is 0 Å². The zero-order chi connectivity index (χ0) is 33.7. The number of rotatable bonds is 11. The van der Waals surface area contributed by atoms with E-state index >= 15 is 0 Å². The molecule has 2 aromatic rings. The molecule has 0 radical (unpaired) electrons. The van der Waals surface area contributed by atoms with E-state index in [-0.39, 0.29) is 50.3 Å². The molecule has 4 fully saturated rings. The lowest BCUT2D eigenvalue weighted by Gasteiger charge is -2.54. The van der Waals surface area contributed by atoms with Crippen molar-refractivity contribution in [3.8, 4) is 0 Å². The number of aliphatic hydroxyl groups excluding tert-OH is 6. The van der Waals surface area contributed by atoms with Crippen LogP contribution in [0.25, 0.3) is 0 Å². The first kappa shape index (κ1) is 36.0. The van der Waals surface area contributed by atoms with E-state index in [2.05, 4.69) is 30.3 Å². The Morgan fingerprint density at radius 3 is 1.83 bits per heavy atom. The molecule has 6 rings (SSSR count). The molecule has 5 unspecified atom stereocenters. The van der Waals surface area contributed by atoms with Gasteiger partial charge in [0, 0.05) is 25.2 Å². The zero-order valence-corrected chi connectivity index (χ0v) is 29.1. The topological polar surface area (TPSA) is 121 Å². The van der Waals surface area contributed by atoms with Crippen LogP contribution in [0.5, 0.6) is 0 Å². The summed E-state index contributed by atoms with van der Waals surface area (Å²) in [5.41, 5.74) is 4.71. The molecular weight excluding hydrogens is 600 g/mol. The molecule has 4 aliphatic carbocycles. The third-order valence-electron chi connectivity index (χ3n) is 14.1. The largest absolute Gasteiger partial charge is 0.396 e. The van der Waals surface area contributed by atoms with Crippen LogP contribution in [0.1, 0.15) is 136 Å². The predicted molar refractivity (Wildman–Crippen MR) is 189 cm³/mol. The first-order valence-corrected chi connectivity index (χ1v) is 19.3. The average molecular weight is 663 g/mol. The first-order chi connectivity index (χ1) is 23.4. The van der Waals surface area contributed by atoms with Crippen molar-refractivity contribution in [2.45, 2.75) is 127 Å². The molecule has 0 saturated heterocycles. The summed E-state index contributed by atoms with van der Waals surface area (Å²) >= 11 is 0. The molecule has 0 aromatic heterocycles. The zero-order valence-electron chi connectivity index (χ0n) is 29.1. The van der Waals surface area contributed by atoms with Crippen molar-refractivity contribution in [3.05, 3.63) is 70.3 Å². The van der Waals surface area contributed by atoms with E-state index in [1.165, 1.54) is 30.4 Å². The third-order valence-corrected chi connectivity index (χ3v) is 14.1. The van der Waals surface area contributed by atoms with Gasteiger partial charge in [0.05, 0.1) is 19.8 Å². The number of hydrogen-bond donors (Lipinski definition) is 6. The quantitative estimate of drug-likeness (QED) is 0.159. The maximum absolute atomic E-state index is 11.5. The van der Waals surface area contributed by atoms with E-state index < -0.39 is 5.41 Å². The fourth-order valence-electron chi connectivity index (χ4n) is 11.0. The molecule has 0 heterocycles. The second-order valence-electron chi connectivity index (χ2n) is 16.7. The lowest BCUT2D eigenvalue weighted by Crippen LogP contribution is -2.48. The highest BCUT2D eigenvalue weighted by atomic mass is 16.3. The third kappa shape index (κ3) is 7.60. The van der Waals surface area contributed by atoms with E-state index in [9.17, 15) is 30.6 Å². The molecule has 6 N–H and O–H groups in total. The number of aliphatic hydroxyl groups is 6. The molecule has 2 aromatic carbocycles. The molecular formula is C42H62O6. The molecule has 6 nitrogen and oxygen atoms in total. The van der Waals surface area contributed by atoms with Gasteiger partial charge in [-0.1, -0.05) is 55.3 Å². The molecule has 4 saturated carbocycles. The van der Waals surface area contributed by atoms with Crippen molar-refractivity contribution in [2.75, 3.05) is 26.4 Å². The Labute approximate surface area is 288 Å². The summed E-state index contributed by atoms with van der Waals surface area (Å²) < 4.78 is 0. The fourth-order valence-corrected chi connectivity index (χ4v) is 11.0. The minimum absolute atomic E-state index is 0.0142. The Bertz CT molecular complexity index is 1300. The highest BCUT2D eigenvalue weighted by molar-refractivity contribution is 5.39. The highest BCUT2D eigenvalue weighted by Crippen LogP contribution is 2.59. The van der Waals surface area contributed by atoms with E-state index in [0.717, 1.165) is 93.7 Å². The standard InChI is InChI=1S/C42H62O6/c43-23-29-3-9-33(10-4-29)36-2-1-15-41(20-36,27-47)40-19-38(35-13-7-31(25-45)8-14-35)21-42(22-40,28-48)39-17-32(26-46)16-37(18-39)34-11-5-30(24-44)6-12-34/h7-8,13-14,16-18,29-30,33-34,36,38,40,43-48H,1-6,9-12,15,19-28H2. The maximum Gasteiger partial charge on any atom is 0.0682 e. The van der Waals surface area contributed by atoms with Gasteiger partial charge in [-0.25, -0.2) is 0 Å². The predicted octanol–water partition coefficient (Wildman–Crippen LogP) is 6.72. The van der Waals surface area contributed by atoms with Gasteiger partial charge in [0.1, 0.15) is 0 Å². The van der Waals surface area contributed by atoms with Gasteiger partial charge in [-0.2, -0.15) is 0 Å². The van der Waals surface area contributed by atoms with Crippen LogP contribution < -0.4 is 0 Å². The summed E-state index contributed by atoms with van der Waals surface area (Å²) in [6, 6.07) is 15.0. The van der Waals surface area contributed by atoms with Crippen LogP contribution in [0.2, 0.25) is 0 Å². The van der Waals surface area contributed by atoms with E-state index in [0.29, 0.717) is 36.2 Å². The van der Waals surface area contributed by atoms with Crippen LogP contribution in [-0.2, 0) is 18.6 Å². The Morgan fingerprint density at radius 2 is 1.23 bits per heavy atom. The van der Waals surface area contributed by atoms with Crippen molar-refractivity contribution in [1.82, 2.24) is 0 Å². The summed E-state index contributed by atoms with van der Waals surface area (Å²) in [6.45, 7) is 0.726. The van der Waals surface area contributed by atoms with Gasteiger partial charge in [0.2, 0.25) is 0 Å². The Morgan fingerprint density at radius 1 is 0.562 bits per heavy atom. The second kappa shape index (κ2) is 16.0. The Hall–Kier alpha value is -1.80. The van der Waals surface area contributed by atoms with Crippen LogP contribution in [-0.4, -0.2) is 57.1 Å². The summed E-state index contributed by atoms with van der Waals surface area (Å²) in [5.74, 6) is 2.91. The highest BCUT2D eigenvalue weighted by Gasteiger charge is 2.51. The second-order valence-corrected chi connectivity index (χ2v) is 16.7. The van der Waals surface area contributed by atoms with Gasteiger partial charge < -0.3 is 30.6 Å². The molecule has 4 aliphatic rings. The van der Waals surface area contributed by atoms with E-state index in [1.807, 2.05) is 12.1 Å². The molecule has 6 heteroatoms. The lowest BCUT2D eigenvalue weighted by molar-refractivity contribution is -0.0504.